The van der Waals surface area contributed by atoms with Gasteiger partial charge in [-0.05, 0) is 56.0 Å². The van der Waals surface area contributed by atoms with Gasteiger partial charge in [0.25, 0.3) is 0 Å². The van der Waals surface area contributed by atoms with Crippen molar-refractivity contribution in [3.05, 3.63) is 82.7 Å². The lowest BCUT2D eigenvalue weighted by Crippen LogP contribution is -2.06. The molecule has 3 aromatic rings. The van der Waals surface area contributed by atoms with E-state index in [-0.39, 0.29) is 24.4 Å². The highest BCUT2D eigenvalue weighted by atomic mass is 19.1. The molecular formula is C26H25FO4. The Morgan fingerprint density at radius 3 is 2.81 bits per heavy atom. The predicted molar refractivity (Wildman–Crippen MR) is 116 cm³/mol. The molecule has 1 aliphatic heterocycles. The summed E-state index contributed by atoms with van der Waals surface area (Å²) in [5.74, 6) is 2.84. The van der Waals surface area contributed by atoms with E-state index in [2.05, 4.69) is 0 Å². The maximum absolute atomic E-state index is 14.8. The topological polar surface area (TPSA) is 47.9 Å². The van der Waals surface area contributed by atoms with Crippen LogP contribution in [0.2, 0.25) is 0 Å². The number of hydrogen-bond acceptors (Lipinski definition) is 4. The second-order valence-electron chi connectivity index (χ2n) is 8.17. The van der Waals surface area contributed by atoms with Crippen molar-refractivity contribution in [2.75, 3.05) is 13.2 Å². The fraction of sp³-hybridized carbons (Fsp3) is 0.308. The van der Waals surface area contributed by atoms with E-state index in [4.69, 9.17) is 14.2 Å². The third-order valence-corrected chi connectivity index (χ3v) is 6.17. The smallest absolute Gasteiger partial charge is 0.131 e. The minimum absolute atomic E-state index is 0.136. The number of aliphatic hydroxyl groups excluding tert-OH is 1. The van der Waals surface area contributed by atoms with Crippen LogP contribution in [0.4, 0.5) is 4.39 Å². The van der Waals surface area contributed by atoms with Gasteiger partial charge in [-0.1, -0.05) is 24.3 Å². The van der Waals surface area contributed by atoms with Crippen molar-refractivity contribution in [1.29, 1.82) is 0 Å². The van der Waals surface area contributed by atoms with Crippen LogP contribution in [0, 0.1) is 12.7 Å². The number of aryl methyl sites for hydroxylation is 1. The zero-order chi connectivity index (χ0) is 21.4. The second-order valence-corrected chi connectivity index (χ2v) is 8.17. The molecule has 1 aliphatic carbocycles. The Kier molecular flexibility index (Phi) is 5.28. The lowest BCUT2D eigenvalue weighted by Gasteiger charge is -2.17. The molecule has 160 valence electrons. The second kappa shape index (κ2) is 8.23. The Balaban J connectivity index is 1.39. The third-order valence-electron chi connectivity index (χ3n) is 6.17. The minimum atomic E-state index is -0.372. The van der Waals surface area contributed by atoms with E-state index in [0.717, 1.165) is 28.2 Å². The quantitative estimate of drug-likeness (QED) is 0.543. The summed E-state index contributed by atoms with van der Waals surface area (Å²) in [5, 5.41) is 9.22. The highest BCUT2D eigenvalue weighted by Crippen LogP contribution is 2.44. The molecule has 0 spiro atoms. The van der Waals surface area contributed by atoms with Gasteiger partial charge < -0.3 is 19.3 Å². The van der Waals surface area contributed by atoms with Gasteiger partial charge in [-0.25, -0.2) is 4.39 Å². The summed E-state index contributed by atoms with van der Waals surface area (Å²) in [5.41, 5.74) is 3.57. The monoisotopic (exact) mass is 420 g/mol. The molecule has 31 heavy (non-hydrogen) atoms. The fourth-order valence-corrected chi connectivity index (χ4v) is 4.53. The summed E-state index contributed by atoms with van der Waals surface area (Å²) in [4.78, 5) is 0. The number of benzene rings is 3. The number of fused-ring (bicyclic) bond motifs is 2. The predicted octanol–water partition coefficient (Wildman–Crippen LogP) is 5.85. The first kappa shape index (κ1) is 19.9. The van der Waals surface area contributed by atoms with Crippen molar-refractivity contribution in [2.24, 2.45) is 0 Å². The van der Waals surface area contributed by atoms with E-state index in [1.54, 1.807) is 6.07 Å². The number of ether oxygens (including phenoxy) is 3. The lowest BCUT2D eigenvalue weighted by atomic mass is 9.98. The Bertz CT molecular complexity index is 1110. The van der Waals surface area contributed by atoms with E-state index in [1.807, 2.05) is 49.4 Å². The lowest BCUT2D eigenvalue weighted by molar-refractivity contribution is 0.202. The van der Waals surface area contributed by atoms with Gasteiger partial charge in [0.1, 0.15) is 34.9 Å². The van der Waals surface area contributed by atoms with Crippen molar-refractivity contribution < 1.29 is 23.7 Å². The van der Waals surface area contributed by atoms with Gasteiger partial charge in [0.05, 0.1) is 6.61 Å². The molecule has 3 aromatic carbocycles. The van der Waals surface area contributed by atoms with Crippen molar-refractivity contribution in [2.45, 2.75) is 38.2 Å². The maximum atomic E-state index is 14.8. The van der Waals surface area contributed by atoms with Gasteiger partial charge in [-0.3, -0.25) is 0 Å². The molecule has 4 nitrogen and oxygen atoms in total. The third kappa shape index (κ3) is 3.74. The molecule has 5 rings (SSSR count). The molecular weight excluding hydrogens is 395 g/mol. The Morgan fingerprint density at radius 1 is 1.10 bits per heavy atom. The largest absolute Gasteiger partial charge is 0.493 e. The van der Waals surface area contributed by atoms with Crippen LogP contribution >= 0.6 is 0 Å². The highest BCUT2D eigenvalue weighted by molar-refractivity contribution is 5.50. The Morgan fingerprint density at radius 2 is 1.97 bits per heavy atom. The van der Waals surface area contributed by atoms with Crippen molar-refractivity contribution in [1.82, 2.24) is 0 Å². The standard InChI is InChI=1S/C26H25FO4/c1-16-4-2-3-5-22(16)31-23-11-9-21(27)26-20(23)8-10-24(26)30-18-6-7-19-17(12-13-28)15-29-25(19)14-18/h2-7,9,11,14,17,24,28H,8,10,12-13,15H2,1H3. The number of para-hydroxylation sites is 1. The maximum Gasteiger partial charge on any atom is 0.131 e. The van der Waals surface area contributed by atoms with Crippen LogP contribution in [0.5, 0.6) is 23.0 Å². The molecule has 2 atom stereocenters. The normalized spacial score (nSPS) is 18.9. The number of halogens is 1. The first-order valence-corrected chi connectivity index (χ1v) is 10.7. The SMILES string of the molecule is Cc1ccccc1Oc1ccc(F)c2c1CCC2Oc1ccc2c(c1)OCC2CCO. The van der Waals surface area contributed by atoms with Gasteiger partial charge in [0.2, 0.25) is 0 Å². The molecule has 0 radical (unpaired) electrons. The van der Waals surface area contributed by atoms with Crippen LogP contribution in [0.3, 0.4) is 0 Å². The molecule has 0 saturated heterocycles. The van der Waals surface area contributed by atoms with Crippen LogP contribution < -0.4 is 14.2 Å². The van der Waals surface area contributed by atoms with Crippen molar-refractivity contribution >= 4 is 0 Å². The van der Waals surface area contributed by atoms with Crippen LogP contribution in [-0.4, -0.2) is 18.3 Å². The average Bonchev–Trinajstić information content (AvgIpc) is 3.37. The molecule has 2 unspecified atom stereocenters. The molecule has 1 heterocycles. The fourth-order valence-electron chi connectivity index (χ4n) is 4.53. The van der Waals surface area contributed by atoms with Crippen LogP contribution in [0.15, 0.2) is 54.6 Å². The molecule has 0 fully saturated rings. The Labute approximate surface area is 181 Å². The first-order valence-electron chi connectivity index (χ1n) is 10.7. The van der Waals surface area contributed by atoms with E-state index in [0.29, 0.717) is 42.9 Å². The van der Waals surface area contributed by atoms with Gasteiger partial charge in [-0.15, -0.1) is 0 Å². The van der Waals surface area contributed by atoms with Gasteiger partial charge in [-0.2, -0.15) is 0 Å². The summed E-state index contributed by atoms with van der Waals surface area (Å²) in [6.07, 6.45) is 1.69. The number of aliphatic hydroxyl groups is 1. The molecule has 0 bridgehead atoms. The summed E-state index contributed by atoms with van der Waals surface area (Å²) < 4.78 is 32.9. The number of hydrogen-bond donors (Lipinski definition) is 1. The molecule has 0 saturated carbocycles. The molecule has 1 N–H and O–H groups in total. The molecule has 0 amide bonds. The van der Waals surface area contributed by atoms with Crippen LogP contribution in [-0.2, 0) is 6.42 Å². The van der Waals surface area contributed by atoms with Crippen molar-refractivity contribution in [3.8, 4) is 23.0 Å². The first-order chi connectivity index (χ1) is 15.1. The molecule has 5 heteroatoms. The average molecular weight is 420 g/mol. The van der Waals surface area contributed by atoms with E-state index in [9.17, 15) is 9.50 Å². The van der Waals surface area contributed by atoms with E-state index < -0.39 is 0 Å². The Hall–Kier alpha value is -3.05. The van der Waals surface area contributed by atoms with Crippen LogP contribution in [0.25, 0.3) is 0 Å². The van der Waals surface area contributed by atoms with Gasteiger partial charge in [0.15, 0.2) is 0 Å². The van der Waals surface area contributed by atoms with Crippen molar-refractivity contribution in [3.63, 3.8) is 0 Å². The van der Waals surface area contributed by atoms with Gasteiger partial charge in [0, 0.05) is 35.3 Å². The summed E-state index contributed by atoms with van der Waals surface area (Å²) >= 11 is 0. The summed E-state index contributed by atoms with van der Waals surface area (Å²) in [7, 11) is 0. The summed E-state index contributed by atoms with van der Waals surface area (Å²) in [6, 6.07) is 16.7. The zero-order valence-electron chi connectivity index (χ0n) is 17.4. The number of rotatable bonds is 6. The van der Waals surface area contributed by atoms with E-state index >= 15 is 0 Å². The zero-order valence-corrected chi connectivity index (χ0v) is 17.4. The highest BCUT2D eigenvalue weighted by Gasteiger charge is 2.31. The van der Waals surface area contributed by atoms with E-state index in [1.165, 1.54) is 6.07 Å². The van der Waals surface area contributed by atoms with Crippen LogP contribution in [0.1, 0.15) is 47.1 Å². The minimum Gasteiger partial charge on any atom is -0.493 e. The molecule has 0 aromatic heterocycles. The molecule has 2 aliphatic rings. The van der Waals surface area contributed by atoms with Gasteiger partial charge >= 0.3 is 0 Å². The summed E-state index contributed by atoms with van der Waals surface area (Å²) in [6.45, 7) is 2.70.